The highest BCUT2D eigenvalue weighted by atomic mass is 16.5. The van der Waals surface area contributed by atoms with Crippen LogP contribution in [-0.2, 0) is 0 Å². The summed E-state index contributed by atoms with van der Waals surface area (Å²) in [6.45, 7) is 0. The van der Waals surface area contributed by atoms with Crippen LogP contribution in [-0.4, -0.2) is 51.9 Å². The van der Waals surface area contributed by atoms with Crippen LogP contribution in [0.2, 0.25) is 0 Å². The molecule has 0 fully saturated rings. The average Bonchev–Trinajstić information content (AvgIpc) is 3.34. The normalized spacial score (nSPS) is 10.8. The average molecular weight is 482 g/mol. The molecule has 5 aromatic rings. The molecule has 3 aromatic heterocycles. The van der Waals surface area contributed by atoms with Crippen molar-refractivity contribution in [2.45, 2.75) is 0 Å². The number of ether oxygens (including phenoxy) is 3. The molecule has 0 aliphatic rings. The first-order chi connectivity index (χ1) is 17.5. The third kappa shape index (κ3) is 4.67. The van der Waals surface area contributed by atoms with Gasteiger partial charge >= 0.3 is 0 Å². The van der Waals surface area contributed by atoms with Crippen molar-refractivity contribution < 1.29 is 19.0 Å². The largest absolute Gasteiger partial charge is 0.478 e. The Balaban J connectivity index is 1.54. The van der Waals surface area contributed by atoms with E-state index in [1.807, 2.05) is 24.3 Å². The topological polar surface area (TPSA) is 102 Å². The van der Waals surface area contributed by atoms with Gasteiger partial charge in [-0.2, -0.15) is 0 Å². The van der Waals surface area contributed by atoms with Gasteiger partial charge in [-0.25, -0.2) is 9.97 Å². The molecule has 0 unspecified atom stereocenters. The summed E-state index contributed by atoms with van der Waals surface area (Å²) in [6.07, 6.45) is 3.33. The van der Waals surface area contributed by atoms with Crippen molar-refractivity contribution in [3.8, 4) is 40.4 Å². The van der Waals surface area contributed by atoms with Crippen molar-refractivity contribution >= 4 is 16.9 Å². The molecule has 0 bridgehead atoms. The maximum atomic E-state index is 12.2. The maximum Gasteiger partial charge on any atom is 0.257 e. The Morgan fingerprint density at radius 1 is 0.861 bits per heavy atom. The minimum Gasteiger partial charge on any atom is -0.478 e. The molecular weight excluding hydrogens is 458 g/mol. The number of nitrogens with one attached hydrogen (secondary N) is 1. The number of aromatic amines is 1. The Labute approximate surface area is 207 Å². The van der Waals surface area contributed by atoms with Gasteiger partial charge in [-0.1, -0.05) is 6.07 Å². The smallest absolute Gasteiger partial charge is 0.257 e. The molecule has 0 spiro atoms. The van der Waals surface area contributed by atoms with Crippen molar-refractivity contribution in [2.75, 3.05) is 21.2 Å². The van der Waals surface area contributed by atoms with Gasteiger partial charge < -0.3 is 24.1 Å². The van der Waals surface area contributed by atoms with E-state index in [2.05, 4.69) is 15.0 Å². The van der Waals surface area contributed by atoms with Gasteiger partial charge in [-0.05, 0) is 48.5 Å². The summed E-state index contributed by atoms with van der Waals surface area (Å²) in [4.78, 5) is 30.3. The van der Waals surface area contributed by atoms with Gasteiger partial charge in [0, 0.05) is 44.2 Å². The molecule has 5 rings (SSSR count). The highest BCUT2D eigenvalue weighted by Gasteiger charge is 2.17. The fraction of sp³-hybridized carbons (Fsp3) is 0.111. The number of carbonyl (C=O) groups is 1. The molecule has 0 aliphatic heterocycles. The number of carbonyl (C=O) groups excluding carboxylic acids is 1. The summed E-state index contributed by atoms with van der Waals surface area (Å²) < 4.78 is 17.7. The number of hydrogen-bond donors (Lipinski definition) is 1. The zero-order chi connectivity index (χ0) is 25.1. The number of nitrogens with zero attached hydrogens (tertiary/aromatic N) is 4. The van der Waals surface area contributed by atoms with Crippen LogP contribution < -0.4 is 14.2 Å². The Bertz CT molecular complexity index is 1520. The lowest BCUT2D eigenvalue weighted by Gasteiger charge is -2.13. The summed E-state index contributed by atoms with van der Waals surface area (Å²) in [5.74, 6) is 2.83. The van der Waals surface area contributed by atoms with Gasteiger partial charge in [-0.3, -0.25) is 9.78 Å². The quantitative estimate of drug-likeness (QED) is 0.336. The van der Waals surface area contributed by atoms with Gasteiger partial charge in [0.25, 0.3) is 11.8 Å². The Kier molecular flexibility index (Phi) is 6.19. The number of fused-ring (bicyclic) bond motifs is 1. The van der Waals surface area contributed by atoms with Crippen LogP contribution in [0.25, 0.3) is 22.6 Å². The van der Waals surface area contributed by atoms with Crippen LogP contribution in [0.1, 0.15) is 10.4 Å². The number of methoxy groups -OCH3 is 1. The zero-order valence-corrected chi connectivity index (χ0v) is 19.9. The van der Waals surface area contributed by atoms with E-state index in [1.165, 1.54) is 12.0 Å². The third-order valence-electron chi connectivity index (χ3n) is 5.33. The van der Waals surface area contributed by atoms with Crippen molar-refractivity contribution in [3.63, 3.8) is 0 Å². The van der Waals surface area contributed by atoms with Crippen LogP contribution in [0.5, 0.6) is 28.9 Å². The van der Waals surface area contributed by atoms with Crippen LogP contribution >= 0.6 is 0 Å². The number of H-pyrrole nitrogens is 1. The molecule has 0 saturated heterocycles. The summed E-state index contributed by atoms with van der Waals surface area (Å²) in [7, 11) is 4.96. The molecule has 2 aromatic carbocycles. The van der Waals surface area contributed by atoms with Crippen LogP contribution in [0.3, 0.4) is 0 Å². The standard InChI is InChI=1S/C27H23N5O4/c1-32(2)27(33)17-9-11-18(12-10-17)35-19-15-21-24(31-25(30-21)20-7-4-5-13-28-20)23(16-19)36-22-8-6-14-29-26(22)34-3/h4-16H,1-3H3,(H,30,31). The van der Waals surface area contributed by atoms with E-state index in [-0.39, 0.29) is 5.91 Å². The number of benzene rings is 2. The molecule has 180 valence electrons. The monoisotopic (exact) mass is 481 g/mol. The predicted molar refractivity (Wildman–Crippen MR) is 135 cm³/mol. The molecule has 9 heteroatoms. The minimum atomic E-state index is -0.0800. The lowest BCUT2D eigenvalue weighted by molar-refractivity contribution is 0.0827. The third-order valence-corrected chi connectivity index (χ3v) is 5.33. The molecule has 1 N–H and O–H groups in total. The summed E-state index contributed by atoms with van der Waals surface area (Å²) in [6, 6.07) is 19.7. The molecular formula is C27H23N5O4. The zero-order valence-electron chi connectivity index (χ0n) is 19.9. The van der Waals surface area contributed by atoms with Gasteiger partial charge in [0.05, 0.1) is 12.6 Å². The first-order valence-electron chi connectivity index (χ1n) is 11.1. The van der Waals surface area contributed by atoms with Crippen molar-refractivity contribution in [1.82, 2.24) is 24.8 Å². The van der Waals surface area contributed by atoms with E-state index in [0.29, 0.717) is 57.0 Å². The summed E-state index contributed by atoms with van der Waals surface area (Å²) >= 11 is 0. The number of rotatable bonds is 7. The van der Waals surface area contributed by atoms with Gasteiger partial charge in [0.1, 0.15) is 22.7 Å². The second-order valence-corrected chi connectivity index (χ2v) is 8.06. The van der Waals surface area contributed by atoms with E-state index < -0.39 is 0 Å². The first kappa shape index (κ1) is 22.9. The maximum absolute atomic E-state index is 12.2. The van der Waals surface area contributed by atoms with E-state index >= 15 is 0 Å². The van der Waals surface area contributed by atoms with Crippen molar-refractivity contribution in [3.05, 3.63) is 84.7 Å². The number of hydrogen-bond acceptors (Lipinski definition) is 7. The van der Waals surface area contributed by atoms with E-state index in [1.54, 1.807) is 69.0 Å². The Morgan fingerprint density at radius 2 is 1.67 bits per heavy atom. The molecule has 1 amide bonds. The second-order valence-electron chi connectivity index (χ2n) is 8.06. The Morgan fingerprint density at radius 3 is 2.39 bits per heavy atom. The van der Waals surface area contributed by atoms with Crippen molar-refractivity contribution in [2.24, 2.45) is 0 Å². The lowest BCUT2D eigenvalue weighted by atomic mass is 10.2. The molecule has 0 radical (unpaired) electrons. The van der Waals surface area contributed by atoms with Crippen LogP contribution in [0, 0.1) is 0 Å². The fourth-order valence-electron chi connectivity index (χ4n) is 3.61. The number of aromatic nitrogens is 4. The summed E-state index contributed by atoms with van der Waals surface area (Å²) in [5, 5.41) is 0. The highest BCUT2D eigenvalue weighted by molar-refractivity contribution is 5.94. The second kappa shape index (κ2) is 9.75. The molecule has 3 heterocycles. The SMILES string of the molecule is COc1ncccc1Oc1cc(Oc2ccc(C(=O)N(C)C)cc2)cc2[nH]c(-c3ccccn3)nc12. The van der Waals surface area contributed by atoms with Gasteiger partial charge in [0.15, 0.2) is 17.3 Å². The van der Waals surface area contributed by atoms with E-state index in [9.17, 15) is 4.79 Å². The predicted octanol–water partition coefficient (Wildman–Crippen LogP) is 5.31. The highest BCUT2D eigenvalue weighted by Crippen LogP contribution is 2.38. The van der Waals surface area contributed by atoms with Crippen LogP contribution in [0.4, 0.5) is 0 Å². The number of imidazole rings is 1. The van der Waals surface area contributed by atoms with Gasteiger partial charge in [0.2, 0.25) is 0 Å². The Hall–Kier alpha value is -4.92. The molecule has 36 heavy (non-hydrogen) atoms. The minimum absolute atomic E-state index is 0.0800. The van der Waals surface area contributed by atoms with E-state index in [4.69, 9.17) is 19.2 Å². The molecule has 0 atom stereocenters. The number of pyridine rings is 2. The fourth-order valence-corrected chi connectivity index (χ4v) is 3.61. The van der Waals surface area contributed by atoms with Crippen LogP contribution in [0.15, 0.2) is 79.1 Å². The molecule has 9 nitrogen and oxygen atoms in total. The summed E-state index contributed by atoms with van der Waals surface area (Å²) in [5.41, 5.74) is 2.57. The van der Waals surface area contributed by atoms with Gasteiger partial charge in [-0.15, -0.1) is 0 Å². The first-order valence-corrected chi connectivity index (χ1v) is 11.1. The molecule has 0 aliphatic carbocycles. The van der Waals surface area contributed by atoms with E-state index in [0.717, 1.165) is 0 Å². The molecule has 0 saturated carbocycles. The number of amides is 1. The van der Waals surface area contributed by atoms with Crippen molar-refractivity contribution in [1.29, 1.82) is 0 Å². The lowest BCUT2D eigenvalue weighted by Crippen LogP contribution is -2.21.